The van der Waals surface area contributed by atoms with Crippen LogP contribution in [-0.2, 0) is 6.54 Å². The average Bonchev–Trinajstić information content (AvgIpc) is 3.01. The average molecular weight is 300 g/mol. The first kappa shape index (κ1) is 13.6. The lowest BCUT2D eigenvalue weighted by atomic mass is 10.2. The predicted octanol–water partition coefficient (Wildman–Crippen LogP) is 4.18. The fourth-order valence-corrected chi connectivity index (χ4v) is 2.80. The summed E-state index contributed by atoms with van der Waals surface area (Å²) in [5.41, 5.74) is 4.08. The third-order valence-corrected chi connectivity index (χ3v) is 3.91. The maximum Gasteiger partial charge on any atom is 0.159 e. The highest BCUT2D eigenvalue weighted by Gasteiger charge is 2.12. The third kappa shape index (κ3) is 2.38. The Bertz CT molecular complexity index is 940. The Morgan fingerprint density at radius 1 is 0.826 bits per heavy atom. The van der Waals surface area contributed by atoms with E-state index in [2.05, 4.69) is 27.5 Å². The Labute approximate surface area is 134 Å². The van der Waals surface area contributed by atoms with Gasteiger partial charge >= 0.3 is 0 Å². The number of rotatable bonds is 3. The second-order valence-electron chi connectivity index (χ2n) is 5.33. The van der Waals surface area contributed by atoms with E-state index in [-0.39, 0.29) is 0 Å². The first-order valence-electron chi connectivity index (χ1n) is 7.70. The van der Waals surface area contributed by atoms with Crippen LogP contribution in [0.25, 0.3) is 33.8 Å². The van der Waals surface area contributed by atoms with Crippen molar-refractivity contribution in [3.63, 3.8) is 0 Å². The lowest BCUT2D eigenvalue weighted by molar-refractivity contribution is 0.795. The van der Waals surface area contributed by atoms with Gasteiger partial charge in [0, 0.05) is 24.5 Å². The van der Waals surface area contributed by atoms with Gasteiger partial charge in [-0.2, -0.15) is 0 Å². The van der Waals surface area contributed by atoms with Crippen LogP contribution in [0.3, 0.4) is 0 Å². The molecule has 0 unspecified atom stereocenters. The Kier molecular flexibility index (Phi) is 3.35. The van der Waals surface area contributed by atoms with Crippen molar-refractivity contribution >= 4 is 11.0 Å². The lowest BCUT2D eigenvalue weighted by Crippen LogP contribution is -1.99. The Morgan fingerprint density at radius 2 is 1.52 bits per heavy atom. The molecule has 2 aromatic carbocycles. The molecule has 0 N–H and O–H groups in total. The molecule has 4 rings (SSSR count). The van der Waals surface area contributed by atoms with Gasteiger partial charge in [-0.05, 0) is 19.1 Å². The van der Waals surface area contributed by atoms with Gasteiger partial charge in [0.2, 0.25) is 0 Å². The third-order valence-electron chi connectivity index (χ3n) is 3.91. The molecule has 0 bridgehead atoms. The van der Waals surface area contributed by atoms with Gasteiger partial charge in [-0.25, -0.2) is 15.0 Å². The monoisotopic (exact) mass is 300 g/mol. The number of nitrogens with zero attached hydrogens (tertiary/aromatic N) is 4. The molecule has 0 saturated carbocycles. The van der Waals surface area contributed by atoms with Crippen molar-refractivity contribution in [2.45, 2.75) is 13.5 Å². The van der Waals surface area contributed by atoms with E-state index in [4.69, 9.17) is 4.98 Å². The number of hydrogen-bond acceptors (Lipinski definition) is 3. The summed E-state index contributed by atoms with van der Waals surface area (Å²) in [6, 6.07) is 18.2. The van der Waals surface area contributed by atoms with E-state index in [0.717, 1.165) is 40.4 Å². The van der Waals surface area contributed by atoms with Crippen molar-refractivity contribution in [2.24, 2.45) is 0 Å². The van der Waals surface area contributed by atoms with Gasteiger partial charge in [0.15, 0.2) is 5.82 Å². The molecule has 2 heterocycles. The number of para-hydroxylation sites is 2. The summed E-state index contributed by atoms with van der Waals surface area (Å²) in [7, 11) is 0. The summed E-state index contributed by atoms with van der Waals surface area (Å²) in [5.74, 6) is 1.64. The molecule has 4 aromatic rings. The van der Waals surface area contributed by atoms with E-state index in [1.807, 2.05) is 60.9 Å². The molecule has 0 atom stereocenters. The largest absolute Gasteiger partial charge is 0.324 e. The minimum Gasteiger partial charge on any atom is -0.324 e. The zero-order valence-electron chi connectivity index (χ0n) is 12.8. The van der Waals surface area contributed by atoms with E-state index in [1.54, 1.807) is 0 Å². The maximum absolute atomic E-state index is 4.74. The van der Waals surface area contributed by atoms with Crippen LogP contribution < -0.4 is 0 Å². The molecule has 0 saturated heterocycles. The molecular formula is C19H16N4. The first-order valence-corrected chi connectivity index (χ1v) is 7.70. The highest BCUT2D eigenvalue weighted by atomic mass is 15.1. The van der Waals surface area contributed by atoms with Crippen LogP contribution in [0.4, 0.5) is 0 Å². The topological polar surface area (TPSA) is 43.6 Å². The first-order chi connectivity index (χ1) is 11.4. The number of benzene rings is 2. The molecule has 0 aliphatic carbocycles. The highest BCUT2D eigenvalue weighted by molar-refractivity contribution is 5.80. The summed E-state index contributed by atoms with van der Waals surface area (Å²) in [6.07, 6.45) is 3.70. The molecule has 2 aromatic heterocycles. The zero-order chi connectivity index (χ0) is 15.6. The van der Waals surface area contributed by atoms with Crippen LogP contribution in [-0.4, -0.2) is 19.5 Å². The second-order valence-corrected chi connectivity index (χ2v) is 5.33. The van der Waals surface area contributed by atoms with Gasteiger partial charge in [-0.1, -0.05) is 42.5 Å². The van der Waals surface area contributed by atoms with Crippen molar-refractivity contribution in [2.75, 3.05) is 0 Å². The number of imidazole rings is 1. The van der Waals surface area contributed by atoms with Gasteiger partial charge in [-0.3, -0.25) is 0 Å². The highest BCUT2D eigenvalue weighted by Crippen LogP contribution is 2.24. The molecule has 0 aliphatic heterocycles. The fourth-order valence-electron chi connectivity index (χ4n) is 2.80. The smallest absolute Gasteiger partial charge is 0.159 e. The second kappa shape index (κ2) is 5.65. The molecule has 0 aliphatic rings. The summed E-state index contributed by atoms with van der Waals surface area (Å²) < 4.78 is 2.19. The molecule has 23 heavy (non-hydrogen) atoms. The van der Waals surface area contributed by atoms with E-state index < -0.39 is 0 Å². The van der Waals surface area contributed by atoms with Gasteiger partial charge < -0.3 is 4.57 Å². The maximum atomic E-state index is 4.74. The quantitative estimate of drug-likeness (QED) is 0.570. The molecular weight excluding hydrogens is 284 g/mol. The van der Waals surface area contributed by atoms with Gasteiger partial charge in [0.05, 0.1) is 16.6 Å². The molecule has 0 radical (unpaired) electrons. The van der Waals surface area contributed by atoms with Gasteiger partial charge in [0.25, 0.3) is 0 Å². The van der Waals surface area contributed by atoms with Gasteiger partial charge in [-0.15, -0.1) is 0 Å². The molecule has 0 fully saturated rings. The Hall–Kier alpha value is -3.01. The lowest BCUT2D eigenvalue weighted by Gasteiger charge is -2.06. The molecule has 112 valence electrons. The summed E-state index contributed by atoms with van der Waals surface area (Å²) >= 11 is 0. The molecule has 0 spiro atoms. The standard InChI is InChI=1S/C19H16N4/c1-2-23-17-11-7-6-10-16(17)22-19(23)15-12-20-18(21-13-15)14-8-4-3-5-9-14/h3-13H,2H2,1H3. The minimum atomic E-state index is 0.730. The predicted molar refractivity (Wildman–Crippen MR) is 91.9 cm³/mol. The van der Waals surface area contributed by atoms with Gasteiger partial charge in [0.1, 0.15) is 5.82 Å². The van der Waals surface area contributed by atoms with Crippen molar-refractivity contribution in [1.29, 1.82) is 0 Å². The summed E-state index contributed by atoms with van der Waals surface area (Å²) in [6.45, 7) is 2.98. The number of fused-ring (bicyclic) bond motifs is 1. The normalized spacial score (nSPS) is 11.0. The van der Waals surface area contributed by atoms with Crippen LogP contribution in [0.2, 0.25) is 0 Å². The van der Waals surface area contributed by atoms with E-state index in [0.29, 0.717) is 0 Å². The Morgan fingerprint density at radius 3 is 2.26 bits per heavy atom. The SMILES string of the molecule is CCn1c(-c2cnc(-c3ccccc3)nc2)nc2ccccc21. The number of aryl methyl sites for hydroxylation is 1. The molecule has 4 nitrogen and oxygen atoms in total. The zero-order valence-corrected chi connectivity index (χ0v) is 12.8. The number of hydrogen-bond donors (Lipinski definition) is 0. The van der Waals surface area contributed by atoms with Crippen LogP contribution in [0.5, 0.6) is 0 Å². The fraction of sp³-hybridized carbons (Fsp3) is 0.105. The van der Waals surface area contributed by atoms with E-state index >= 15 is 0 Å². The van der Waals surface area contributed by atoms with E-state index in [1.165, 1.54) is 0 Å². The van der Waals surface area contributed by atoms with Crippen molar-refractivity contribution < 1.29 is 0 Å². The van der Waals surface area contributed by atoms with Crippen molar-refractivity contribution in [3.8, 4) is 22.8 Å². The molecule has 0 amide bonds. The van der Waals surface area contributed by atoms with Crippen LogP contribution >= 0.6 is 0 Å². The minimum absolute atomic E-state index is 0.730. The molecule has 4 heteroatoms. The van der Waals surface area contributed by atoms with Crippen molar-refractivity contribution in [1.82, 2.24) is 19.5 Å². The summed E-state index contributed by atoms with van der Waals surface area (Å²) in [5, 5.41) is 0. The van der Waals surface area contributed by atoms with Crippen LogP contribution in [0.1, 0.15) is 6.92 Å². The van der Waals surface area contributed by atoms with Crippen molar-refractivity contribution in [3.05, 3.63) is 67.0 Å². The Balaban J connectivity index is 1.79. The number of aromatic nitrogens is 4. The summed E-state index contributed by atoms with van der Waals surface area (Å²) in [4.78, 5) is 13.8. The van der Waals surface area contributed by atoms with Crippen LogP contribution in [0, 0.1) is 0 Å². The van der Waals surface area contributed by atoms with E-state index in [9.17, 15) is 0 Å². The van der Waals surface area contributed by atoms with Crippen LogP contribution in [0.15, 0.2) is 67.0 Å².